The second-order valence-electron chi connectivity index (χ2n) is 9.83. The van der Waals surface area contributed by atoms with Gasteiger partial charge < -0.3 is 14.6 Å². The molecule has 2 fully saturated rings. The molecule has 1 saturated heterocycles. The van der Waals surface area contributed by atoms with Gasteiger partial charge >= 0.3 is 5.97 Å². The van der Waals surface area contributed by atoms with Gasteiger partial charge in [0.05, 0.1) is 18.3 Å². The molecule has 9 heteroatoms. The van der Waals surface area contributed by atoms with E-state index in [1.54, 1.807) is 6.07 Å². The van der Waals surface area contributed by atoms with Crippen LogP contribution in [0.5, 0.6) is 5.75 Å². The van der Waals surface area contributed by atoms with Crippen molar-refractivity contribution in [2.24, 2.45) is 0 Å². The Morgan fingerprint density at radius 1 is 0.868 bits per heavy atom. The third kappa shape index (κ3) is 5.05. The Bertz CT molecular complexity index is 1380. The van der Waals surface area contributed by atoms with Crippen LogP contribution in [0, 0.1) is 29.1 Å². The van der Waals surface area contributed by atoms with Crippen LogP contribution in [0.3, 0.4) is 0 Å². The molecule has 2 atom stereocenters. The molecule has 4 nitrogen and oxygen atoms in total. The van der Waals surface area contributed by atoms with Crippen LogP contribution >= 0.6 is 0 Å². The number of hydrogen-bond donors (Lipinski definition) is 1. The molecule has 2 unspecified atom stereocenters. The Morgan fingerprint density at radius 3 is 2.13 bits per heavy atom. The summed E-state index contributed by atoms with van der Waals surface area (Å²) < 4.78 is 82.2. The summed E-state index contributed by atoms with van der Waals surface area (Å²) >= 11 is 0. The number of hydrogen-bond acceptors (Lipinski definition) is 4. The van der Waals surface area contributed by atoms with Crippen molar-refractivity contribution >= 4 is 5.97 Å². The standard InChI is InChI=1S/C29H25F5O4/c1-14(35)18-8-9-19(26(32)25(18)31)16-4-2-15(3-5-16)17-6-7-20(22(30)12-17)29(36)38-23-11-10-21(24-13-37-24)27(33)28(23)34/h6-12,14-16,24,35H,2-5,13H2,1H3. The van der Waals surface area contributed by atoms with Gasteiger partial charge in [0.25, 0.3) is 0 Å². The topological polar surface area (TPSA) is 59.1 Å². The molecular formula is C29H25F5O4. The zero-order valence-electron chi connectivity index (χ0n) is 20.4. The van der Waals surface area contributed by atoms with Crippen LogP contribution in [-0.2, 0) is 4.74 Å². The van der Waals surface area contributed by atoms with Crippen LogP contribution in [0.25, 0.3) is 0 Å². The predicted molar refractivity (Wildman–Crippen MR) is 127 cm³/mol. The quantitative estimate of drug-likeness (QED) is 0.158. The van der Waals surface area contributed by atoms with Gasteiger partial charge in [0.15, 0.2) is 23.2 Å². The number of halogens is 5. The fourth-order valence-electron chi connectivity index (χ4n) is 5.16. The molecule has 0 amide bonds. The lowest BCUT2D eigenvalue weighted by molar-refractivity contribution is 0.0721. The summed E-state index contributed by atoms with van der Waals surface area (Å²) in [4.78, 5) is 12.5. The van der Waals surface area contributed by atoms with Gasteiger partial charge in [0.2, 0.25) is 5.82 Å². The molecule has 3 aromatic rings. The van der Waals surface area contributed by atoms with Crippen molar-refractivity contribution in [1.29, 1.82) is 0 Å². The average Bonchev–Trinajstić information content (AvgIpc) is 3.73. The monoisotopic (exact) mass is 532 g/mol. The first-order valence-corrected chi connectivity index (χ1v) is 12.4. The maximum absolute atomic E-state index is 14.9. The van der Waals surface area contributed by atoms with Crippen molar-refractivity contribution in [2.45, 2.75) is 56.7 Å². The third-order valence-corrected chi connectivity index (χ3v) is 7.40. The summed E-state index contributed by atoms with van der Waals surface area (Å²) in [7, 11) is 0. The van der Waals surface area contributed by atoms with E-state index in [-0.39, 0.29) is 35.1 Å². The molecule has 200 valence electrons. The Labute approximate surface area is 216 Å². The lowest BCUT2D eigenvalue weighted by atomic mass is 9.75. The predicted octanol–water partition coefficient (Wildman–Crippen LogP) is 7.17. The molecule has 0 bridgehead atoms. The van der Waals surface area contributed by atoms with Crippen LogP contribution in [0.15, 0.2) is 42.5 Å². The van der Waals surface area contributed by atoms with E-state index in [0.29, 0.717) is 31.2 Å². The van der Waals surface area contributed by atoms with Gasteiger partial charge in [-0.15, -0.1) is 0 Å². The number of rotatable bonds is 6. The van der Waals surface area contributed by atoms with Crippen LogP contribution in [-0.4, -0.2) is 17.7 Å². The van der Waals surface area contributed by atoms with Crippen LogP contribution < -0.4 is 4.74 Å². The molecule has 0 radical (unpaired) electrons. The number of esters is 1. The minimum absolute atomic E-state index is 0.0252. The van der Waals surface area contributed by atoms with E-state index < -0.39 is 58.6 Å². The van der Waals surface area contributed by atoms with Gasteiger partial charge in [-0.1, -0.05) is 18.2 Å². The first-order valence-electron chi connectivity index (χ1n) is 12.4. The van der Waals surface area contributed by atoms with Crippen molar-refractivity contribution < 1.29 is 41.3 Å². The normalized spacial score (nSPS) is 21.7. The molecule has 2 aliphatic rings. The van der Waals surface area contributed by atoms with Crippen molar-refractivity contribution in [3.05, 3.63) is 99.4 Å². The van der Waals surface area contributed by atoms with E-state index in [9.17, 15) is 31.9 Å². The van der Waals surface area contributed by atoms with E-state index in [2.05, 4.69) is 0 Å². The van der Waals surface area contributed by atoms with Crippen LogP contribution in [0.4, 0.5) is 22.0 Å². The number of aliphatic hydroxyl groups is 1. The molecule has 0 spiro atoms. The molecular weight excluding hydrogens is 507 g/mol. The molecule has 1 saturated carbocycles. The lowest BCUT2D eigenvalue weighted by Gasteiger charge is -2.29. The Hall–Kier alpha value is -3.30. The smallest absolute Gasteiger partial charge is 0.346 e. The summed E-state index contributed by atoms with van der Waals surface area (Å²) in [6.07, 6.45) is 0.640. The Morgan fingerprint density at radius 2 is 1.50 bits per heavy atom. The highest BCUT2D eigenvalue weighted by Crippen LogP contribution is 2.42. The third-order valence-electron chi connectivity index (χ3n) is 7.40. The Kier molecular flexibility index (Phi) is 7.24. The van der Waals surface area contributed by atoms with E-state index in [1.165, 1.54) is 37.3 Å². The maximum atomic E-state index is 14.9. The van der Waals surface area contributed by atoms with E-state index in [4.69, 9.17) is 9.47 Å². The van der Waals surface area contributed by atoms with Crippen LogP contribution in [0.2, 0.25) is 0 Å². The molecule has 5 rings (SSSR count). The number of epoxide rings is 1. The average molecular weight is 533 g/mol. The zero-order chi connectivity index (χ0) is 27.1. The van der Waals surface area contributed by atoms with Gasteiger partial charge in [-0.25, -0.2) is 22.4 Å². The van der Waals surface area contributed by atoms with Gasteiger partial charge in [-0.05, 0) is 79.8 Å². The van der Waals surface area contributed by atoms with Gasteiger partial charge in [0.1, 0.15) is 11.9 Å². The first-order chi connectivity index (χ1) is 18.2. The summed E-state index contributed by atoms with van der Waals surface area (Å²) in [5.41, 5.74) is 0.409. The molecule has 1 aliphatic heterocycles. The molecule has 38 heavy (non-hydrogen) atoms. The second kappa shape index (κ2) is 10.5. The highest BCUT2D eigenvalue weighted by molar-refractivity contribution is 5.91. The highest BCUT2D eigenvalue weighted by Gasteiger charge is 2.31. The van der Waals surface area contributed by atoms with Crippen molar-refractivity contribution in [2.75, 3.05) is 6.61 Å². The summed E-state index contributed by atoms with van der Waals surface area (Å²) in [5.74, 6) is -7.46. The minimum Gasteiger partial charge on any atom is -0.420 e. The summed E-state index contributed by atoms with van der Waals surface area (Å²) in [6, 6.07) is 9.29. The number of aliphatic hydroxyl groups excluding tert-OH is 1. The summed E-state index contributed by atoms with van der Waals surface area (Å²) in [5, 5.41) is 9.59. The fourth-order valence-corrected chi connectivity index (χ4v) is 5.16. The zero-order valence-corrected chi connectivity index (χ0v) is 20.4. The van der Waals surface area contributed by atoms with E-state index in [1.807, 2.05) is 0 Å². The van der Waals surface area contributed by atoms with Crippen molar-refractivity contribution in [3.8, 4) is 5.75 Å². The lowest BCUT2D eigenvalue weighted by Crippen LogP contribution is -2.16. The number of carbonyl (C=O) groups is 1. The fraction of sp³-hybridized carbons (Fsp3) is 0.345. The molecule has 3 aromatic carbocycles. The molecule has 1 N–H and O–H groups in total. The summed E-state index contributed by atoms with van der Waals surface area (Å²) in [6.45, 7) is 1.65. The SMILES string of the molecule is CC(O)c1ccc(C2CCC(c3ccc(C(=O)Oc4ccc(C5CO5)c(F)c4F)c(F)c3)CC2)c(F)c1F. The van der Waals surface area contributed by atoms with Gasteiger partial charge in [-0.3, -0.25) is 0 Å². The second-order valence-corrected chi connectivity index (χ2v) is 9.83. The Balaban J connectivity index is 1.25. The number of carbonyl (C=O) groups excluding carboxylic acids is 1. The van der Waals surface area contributed by atoms with Gasteiger partial charge in [-0.2, -0.15) is 4.39 Å². The number of benzene rings is 3. The van der Waals surface area contributed by atoms with Crippen molar-refractivity contribution in [3.63, 3.8) is 0 Å². The first kappa shape index (κ1) is 26.3. The largest absolute Gasteiger partial charge is 0.420 e. The molecule has 0 aromatic heterocycles. The molecule has 1 aliphatic carbocycles. The minimum atomic E-state index is -1.35. The maximum Gasteiger partial charge on any atom is 0.346 e. The van der Waals surface area contributed by atoms with Crippen molar-refractivity contribution in [1.82, 2.24) is 0 Å². The van der Waals surface area contributed by atoms with E-state index in [0.717, 1.165) is 6.07 Å². The number of ether oxygens (including phenoxy) is 2. The van der Waals surface area contributed by atoms with E-state index >= 15 is 0 Å². The van der Waals surface area contributed by atoms with Gasteiger partial charge in [0, 0.05) is 11.1 Å². The molecule has 1 heterocycles. The van der Waals surface area contributed by atoms with Crippen LogP contribution in [0.1, 0.15) is 89.3 Å². The highest BCUT2D eigenvalue weighted by atomic mass is 19.2.